The third-order valence-electron chi connectivity index (χ3n) is 10.3. The van der Waals surface area contributed by atoms with Gasteiger partial charge in [-0.05, 0) is 76.7 Å². The molecule has 3 aromatic heterocycles. The molecule has 49 heavy (non-hydrogen) atoms. The van der Waals surface area contributed by atoms with Crippen LogP contribution >= 0.6 is 11.3 Å². The van der Waals surface area contributed by atoms with Crippen LogP contribution in [0.25, 0.3) is 86.3 Å². The standard InChI is InChI=1S/C46H34N2S/c1-46(2,3)31-21-19-29(20-22-31)30-11-10-12-32(27-30)47-39-16-7-4-13-34(39)38-28-33(23-25-41(38)47)48-40-17-8-5-15-37(40)44-42(48)26-24-36-35-14-6-9-18-43(35)49-45(36)44/h4-28H,1-3H3. The van der Waals surface area contributed by atoms with Crippen molar-refractivity contribution in [2.24, 2.45) is 0 Å². The predicted molar refractivity (Wildman–Crippen MR) is 212 cm³/mol. The van der Waals surface area contributed by atoms with Crippen LogP contribution in [-0.4, -0.2) is 9.13 Å². The maximum Gasteiger partial charge on any atom is 0.0555 e. The summed E-state index contributed by atoms with van der Waals surface area (Å²) in [6.07, 6.45) is 0. The van der Waals surface area contributed by atoms with E-state index in [-0.39, 0.29) is 5.41 Å². The van der Waals surface area contributed by atoms with E-state index in [0.29, 0.717) is 0 Å². The number of hydrogen-bond acceptors (Lipinski definition) is 1. The topological polar surface area (TPSA) is 9.86 Å². The fourth-order valence-electron chi connectivity index (χ4n) is 7.88. The number of fused-ring (bicyclic) bond motifs is 10. The molecule has 234 valence electrons. The van der Waals surface area contributed by atoms with Gasteiger partial charge in [-0.3, -0.25) is 0 Å². The Morgan fingerprint density at radius 2 is 1.06 bits per heavy atom. The summed E-state index contributed by atoms with van der Waals surface area (Å²) in [5.74, 6) is 0. The molecule has 3 heteroatoms. The van der Waals surface area contributed by atoms with Crippen molar-refractivity contribution in [1.29, 1.82) is 0 Å². The Morgan fingerprint density at radius 1 is 0.429 bits per heavy atom. The van der Waals surface area contributed by atoms with Crippen LogP contribution in [0.5, 0.6) is 0 Å². The molecule has 0 unspecified atom stereocenters. The number of thiophene rings is 1. The minimum Gasteiger partial charge on any atom is -0.309 e. The molecule has 0 amide bonds. The third-order valence-corrected chi connectivity index (χ3v) is 11.5. The highest BCUT2D eigenvalue weighted by Gasteiger charge is 2.19. The van der Waals surface area contributed by atoms with Gasteiger partial charge in [-0.15, -0.1) is 11.3 Å². The maximum atomic E-state index is 2.46. The van der Waals surface area contributed by atoms with Crippen LogP contribution < -0.4 is 0 Å². The molecule has 10 aromatic rings. The van der Waals surface area contributed by atoms with E-state index in [9.17, 15) is 0 Å². The first-order valence-corrected chi connectivity index (χ1v) is 17.8. The van der Waals surface area contributed by atoms with Crippen LogP contribution in [0.4, 0.5) is 0 Å². The van der Waals surface area contributed by atoms with Crippen molar-refractivity contribution in [1.82, 2.24) is 9.13 Å². The number of hydrogen-bond donors (Lipinski definition) is 0. The van der Waals surface area contributed by atoms with Crippen molar-refractivity contribution in [3.05, 3.63) is 157 Å². The molecule has 0 aliphatic heterocycles. The van der Waals surface area contributed by atoms with Gasteiger partial charge < -0.3 is 9.13 Å². The van der Waals surface area contributed by atoms with Crippen LogP contribution in [0.2, 0.25) is 0 Å². The first kappa shape index (κ1) is 28.4. The molecule has 0 aliphatic carbocycles. The second-order valence-electron chi connectivity index (χ2n) is 14.2. The summed E-state index contributed by atoms with van der Waals surface area (Å²) in [6, 6.07) is 56.2. The van der Waals surface area contributed by atoms with Gasteiger partial charge in [0.25, 0.3) is 0 Å². The molecular formula is C46H34N2S. The number of para-hydroxylation sites is 2. The fraction of sp³-hybridized carbons (Fsp3) is 0.0870. The first-order chi connectivity index (χ1) is 23.9. The summed E-state index contributed by atoms with van der Waals surface area (Å²) >= 11 is 1.90. The van der Waals surface area contributed by atoms with Crippen LogP contribution in [0.15, 0.2) is 152 Å². The maximum absolute atomic E-state index is 2.46. The van der Waals surface area contributed by atoms with Gasteiger partial charge in [-0.1, -0.05) is 118 Å². The minimum absolute atomic E-state index is 0.131. The van der Waals surface area contributed by atoms with Gasteiger partial charge >= 0.3 is 0 Å². The zero-order valence-corrected chi connectivity index (χ0v) is 28.6. The smallest absolute Gasteiger partial charge is 0.0555 e. The third kappa shape index (κ3) is 4.25. The summed E-state index contributed by atoms with van der Waals surface area (Å²) in [6.45, 7) is 6.80. The molecule has 0 radical (unpaired) electrons. The molecule has 0 fully saturated rings. The monoisotopic (exact) mass is 646 g/mol. The number of nitrogens with zero attached hydrogens (tertiary/aromatic N) is 2. The lowest BCUT2D eigenvalue weighted by Gasteiger charge is -2.19. The van der Waals surface area contributed by atoms with Gasteiger partial charge in [0.1, 0.15) is 0 Å². The summed E-state index contributed by atoms with van der Waals surface area (Å²) in [5.41, 5.74) is 11.2. The number of benzene rings is 7. The Morgan fingerprint density at radius 3 is 1.86 bits per heavy atom. The molecular weight excluding hydrogens is 613 g/mol. The van der Waals surface area contributed by atoms with Gasteiger partial charge in [0.2, 0.25) is 0 Å². The minimum atomic E-state index is 0.131. The highest BCUT2D eigenvalue weighted by molar-refractivity contribution is 7.26. The van der Waals surface area contributed by atoms with Gasteiger partial charge in [0.15, 0.2) is 0 Å². The Kier molecular flexibility index (Phi) is 6.04. The lowest BCUT2D eigenvalue weighted by molar-refractivity contribution is 0.590. The van der Waals surface area contributed by atoms with Crippen molar-refractivity contribution in [2.45, 2.75) is 26.2 Å². The van der Waals surface area contributed by atoms with Crippen LogP contribution in [-0.2, 0) is 5.41 Å². The summed E-state index contributed by atoms with van der Waals surface area (Å²) in [5, 5.41) is 7.81. The van der Waals surface area contributed by atoms with Gasteiger partial charge in [0, 0.05) is 53.1 Å². The highest BCUT2D eigenvalue weighted by atomic mass is 32.1. The van der Waals surface area contributed by atoms with E-state index in [4.69, 9.17) is 0 Å². The molecule has 0 saturated carbocycles. The van der Waals surface area contributed by atoms with E-state index in [0.717, 1.165) is 0 Å². The molecule has 0 N–H and O–H groups in total. The Hall–Kier alpha value is -5.64. The van der Waals surface area contributed by atoms with E-state index in [1.54, 1.807) is 0 Å². The average molecular weight is 647 g/mol. The summed E-state index contributed by atoms with van der Waals surface area (Å²) < 4.78 is 7.58. The second kappa shape index (κ2) is 10.4. The number of aromatic nitrogens is 2. The SMILES string of the molecule is CC(C)(C)c1ccc(-c2cccc(-n3c4ccccc4c4cc(-n5c6ccccc6c6c7sc8ccccc8c7ccc65)ccc43)c2)cc1. The second-order valence-corrected chi connectivity index (χ2v) is 15.3. The molecule has 3 heterocycles. The van der Waals surface area contributed by atoms with Crippen molar-refractivity contribution in [3.8, 4) is 22.5 Å². The highest BCUT2D eigenvalue weighted by Crippen LogP contribution is 2.44. The molecule has 0 atom stereocenters. The quantitative estimate of drug-likeness (QED) is 0.181. The van der Waals surface area contributed by atoms with E-state index in [1.165, 1.54) is 91.8 Å². The Bertz CT molecular complexity index is 2910. The van der Waals surface area contributed by atoms with E-state index < -0.39 is 0 Å². The Balaban J connectivity index is 1.18. The zero-order chi connectivity index (χ0) is 32.9. The fourth-order valence-corrected chi connectivity index (χ4v) is 9.14. The van der Waals surface area contributed by atoms with Crippen LogP contribution in [0, 0.1) is 0 Å². The van der Waals surface area contributed by atoms with Gasteiger partial charge in [-0.2, -0.15) is 0 Å². The van der Waals surface area contributed by atoms with E-state index in [2.05, 4.69) is 182 Å². The molecule has 0 bridgehead atoms. The van der Waals surface area contributed by atoms with Crippen LogP contribution in [0.1, 0.15) is 26.3 Å². The number of rotatable bonds is 3. The summed E-state index contributed by atoms with van der Waals surface area (Å²) in [7, 11) is 0. The largest absolute Gasteiger partial charge is 0.309 e. The van der Waals surface area contributed by atoms with Gasteiger partial charge in [-0.25, -0.2) is 0 Å². The molecule has 0 saturated heterocycles. The molecule has 0 spiro atoms. The average Bonchev–Trinajstić information content (AvgIpc) is 3.79. The lowest BCUT2D eigenvalue weighted by atomic mass is 9.86. The van der Waals surface area contributed by atoms with Crippen molar-refractivity contribution < 1.29 is 0 Å². The van der Waals surface area contributed by atoms with Gasteiger partial charge in [0.05, 0.1) is 22.1 Å². The summed E-state index contributed by atoms with van der Waals surface area (Å²) in [4.78, 5) is 0. The molecule has 0 aliphatic rings. The zero-order valence-electron chi connectivity index (χ0n) is 27.7. The van der Waals surface area contributed by atoms with Crippen LogP contribution in [0.3, 0.4) is 0 Å². The van der Waals surface area contributed by atoms with Crippen molar-refractivity contribution in [2.75, 3.05) is 0 Å². The molecule has 7 aromatic carbocycles. The normalized spacial score (nSPS) is 12.4. The predicted octanol–water partition coefficient (Wildman–Crippen LogP) is 13.2. The lowest BCUT2D eigenvalue weighted by Crippen LogP contribution is -2.10. The van der Waals surface area contributed by atoms with E-state index >= 15 is 0 Å². The van der Waals surface area contributed by atoms with E-state index in [1.807, 2.05) is 11.3 Å². The van der Waals surface area contributed by atoms with Crippen molar-refractivity contribution >= 4 is 75.1 Å². The molecule has 10 rings (SSSR count). The van der Waals surface area contributed by atoms with Crippen molar-refractivity contribution in [3.63, 3.8) is 0 Å². The Labute approximate surface area is 289 Å². The molecule has 2 nitrogen and oxygen atoms in total. The first-order valence-electron chi connectivity index (χ1n) is 17.0.